The average molecular weight is 241 g/mol. The molecule has 0 bridgehead atoms. The highest BCUT2D eigenvalue weighted by molar-refractivity contribution is 4.85. The molecule has 0 aromatic carbocycles. The van der Waals surface area contributed by atoms with Crippen molar-refractivity contribution in [3.05, 3.63) is 0 Å². The molecule has 2 heteroatoms. The van der Waals surface area contributed by atoms with Gasteiger partial charge in [0, 0.05) is 6.04 Å². The van der Waals surface area contributed by atoms with Gasteiger partial charge in [-0.2, -0.15) is 0 Å². The lowest BCUT2D eigenvalue weighted by Crippen LogP contribution is -2.42. The Labute approximate surface area is 108 Å². The standard InChI is InChI=1S/C15H31NO/c1-6-16-14(11-17-12(2)3)13-7-9-15(4,5)10-8-13/h12-14,16H,6-11H2,1-5H3. The summed E-state index contributed by atoms with van der Waals surface area (Å²) in [6.45, 7) is 13.1. The summed E-state index contributed by atoms with van der Waals surface area (Å²) in [5.74, 6) is 0.807. The van der Waals surface area contributed by atoms with Gasteiger partial charge in [-0.3, -0.25) is 0 Å². The minimum Gasteiger partial charge on any atom is -0.377 e. The van der Waals surface area contributed by atoms with Crippen LogP contribution >= 0.6 is 0 Å². The third-order valence-electron chi connectivity index (χ3n) is 4.03. The van der Waals surface area contributed by atoms with Crippen molar-refractivity contribution in [1.82, 2.24) is 5.32 Å². The van der Waals surface area contributed by atoms with Crippen molar-refractivity contribution < 1.29 is 4.74 Å². The lowest BCUT2D eigenvalue weighted by atomic mass is 9.71. The Morgan fingerprint density at radius 1 is 1.24 bits per heavy atom. The minimum atomic E-state index is 0.344. The van der Waals surface area contributed by atoms with Gasteiger partial charge in [-0.25, -0.2) is 0 Å². The van der Waals surface area contributed by atoms with Gasteiger partial charge < -0.3 is 10.1 Å². The Hall–Kier alpha value is -0.0800. The van der Waals surface area contributed by atoms with Crippen molar-refractivity contribution >= 4 is 0 Å². The third kappa shape index (κ3) is 5.39. The Morgan fingerprint density at radius 3 is 2.29 bits per heavy atom. The zero-order valence-electron chi connectivity index (χ0n) is 12.4. The van der Waals surface area contributed by atoms with Gasteiger partial charge in [0.15, 0.2) is 0 Å². The summed E-state index contributed by atoms with van der Waals surface area (Å²) in [6, 6.07) is 0.554. The van der Waals surface area contributed by atoms with Gasteiger partial charge in [0.25, 0.3) is 0 Å². The molecule has 0 aromatic heterocycles. The smallest absolute Gasteiger partial charge is 0.0625 e. The van der Waals surface area contributed by atoms with E-state index in [1.165, 1.54) is 25.7 Å². The molecule has 2 nitrogen and oxygen atoms in total. The van der Waals surface area contributed by atoms with Crippen molar-refractivity contribution in [3.8, 4) is 0 Å². The molecule has 0 radical (unpaired) electrons. The molecule has 17 heavy (non-hydrogen) atoms. The van der Waals surface area contributed by atoms with Crippen molar-refractivity contribution in [2.24, 2.45) is 11.3 Å². The summed E-state index contributed by atoms with van der Waals surface area (Å²) in [5, 5.41) is 3.61. The molecule has 0 spiro atoms. The lowest BCUT2D eigenvalue weighted by Gasteiger charge is -2.38. The fourth-order valence-electron chi connectivity index (χ4n) is 2.74. The van der Waals surface area contributed by atoms with Crippen molar-refractivity contribution in [1.29, 1.82) is 0 Å². The second-order valence-corrected chi connectivity index (χ2v) is 6.55. The summed E-state index contributed by atoms with van der Waals surface area (Å²) >= 11 is 0. The fraction of sp³-hybridized carbons (Fsp3) is 1.00. The second kappa shape index (κ2) is 6.75. The molecule has 0 aliphatic heterocycles. The first-order chi connectivity index (χ1) is 7.94. The zero-order chi connectivity index (χ0) is 12.9. The van der Waals surface area contributed by atoms with E-state index in [0.29, 0.717) is 17.6 Å². The molecule has 1 rings (SSSR count). The number of likely N-dealkylation sites (N-methyl/N-ethyl adjacent to an activating group) is 1. The first-order valence-electron chi connectivity index (χ1n) is 7.29. The lowest BCUT2D eigenvalue weighted by molar-refractivity contribution is 0.0361. The summed E-state index contributed by atoms with van der Waals surface area (Å²) in [7, 11) is 0. The van der Waals surface area contributed by atoms with E-state index in [9.17, 15) is 0 Å². The van der Waals surface area contributed by atoms with Crippen LogP contribution in [-0.2, 0) is 4.74 Å². The predicted molar refractivity (Wildman–Crippen MR) is 74.3 cm³/mol. The average Bonchev–Trinajstić information content (AvgIpc) is 2.24. The summed E-state index contributed by atoms with van der Waals surface area (Å²) < 4.78 is 5.80. The van der Waals surface area contributed by atoms with Gasteiger partial charge in [-0.05, 0) is 57.4 Å². The molecule has 1 unspecified atom stereocenters. The minimum absolute atomic E-state index is 0.344. The van der Waals surface area contributed by atoms with Crippen LogP contribution in [0.5, 0.6) is 0 Å². The van der Waals surface area contributed by atoms with E-state index in [-0.39, 0.29) is 0 Å². The summed E-state index contributed by atoms with van der Waals surface area (Å²) in [6.07, 6.45) is 5.77. The maximum Gasteiger partial charge on any atom is 0.0625 e. The van der Waals surface area contributed by atoms with Gasteiger partial charge >= 0.3 is 0 Å². The van der Waals surface area contributed by atoms with Crippen LogP contribution < -0.4 is 5.32 Å². The van der Waals surface area contributed by atoms with Crippen molar-refractivity contribution in [2.45, 2.75) is 72.4 Å². The molecule has 1 N–H and O–H groups in total. The normalized spacial score (nSPS) is 22.9. The topological polar surface area (TPSA) is 21.3 Å². The zero-order valence-corrected chi connectivity index (χ0v) is 12.4. The maximum absolute atomic E-state index is 5.80. The van der Waals surface area contributed by atoms with E-state index in [4.69, 9.17) is 4.74 Å². The fourth-order valence-corrected chi connectivity index (χ4v) is 2.74. The molecule has 0 amide bonds. The Morgan fingerprint density at radius 2 is 1.82 bits per heavy atom. The highest BCUT2D eigenvalue weighted by atomic mass is 16.5. The number of hydrogen-bond acceptors (Lipinski definition) is 2. The van der Waals surface area contributed by atoms with E-state index in [0.717, 1.165) is 19.1 Å². The third-order valence-corrected chi connectivity index (χ3v) is 4.03. The molecule has 102 valence electrons. The first kappa shape index (κ1) is 15.0. The van der Waals surface area contributed by atoms with Crippen molar-refractivity contribution in [2.75, 3.05) is 13.2 Å². The molecular weight excluding hydrogens is 210 g/mol. The van der Waals surface area contributed by atoms with Crippen LogP contribution in [0.1, 0.15) is 60.3 Å². The quantitative estimate of drug-likeness (QED) is 0.767. The SMILES string of the molecule is CCNC(COC(C)C)C1CCC(C)(C)CC1. The largest absolute Gasteiger partial charge is 0.377 e. The Balaban J connectivity index is 2.42. The maximum atomic E-state index is 5.80. The number of ether oxygens (including phenoxy) is 1. The molecule has 0 aromatic rings. The molecule has 1 aliphatic carbocycles. The highest BCUT2D eigenvalue weighted by Crippen LogP contribution is 2.39. The molecule has 0 saturated heterocycles. The predicted octanol–water partition coefficient (Wildman–Crippen LogP) is 3.61. The van der Waals surface area contributed by atoms with E-state index in [1.54, 1.807) is 0 Å². The van der Waals surface area contributed by atoms with Crippen LogP contribution in [-0.4, -0.2) is 25.3 Å². The Bertz CT molecular complexity index is 203. The van der Waals surface area contributed by atoms with Gasteiger partial charge in [-0.15, -0.1) is 0 Å². The molecule has 1 fully saturated rings. The van der Waals surface area contributed by atoms with Gasteiger partial charge in [0.1, 0.15) is 0 Å². The molecule has 1 saturated carbocycles. The molecule has 0 heterocycles. The highest BCUT2D eigenvalue weighted by Gasteiger charge is 2.31. The second-order valence-electron chi connectivity index (χ2n) is 6.55. The van der Waals surface area contributed by atoms with Crippen LogP contribution in [0.4, 0.5) is 0 Å². The molecular formula is C15H31NO. The van der Waals surface area contributed by atoms with Crippen LogP contribution in [0.3, 0.4) is 0 Å². The first-order valence-corrected chi connectivity index (χ1v) is 7.29. The van der Waals surface area contributed by atoms with Gasteiger partial charge in [-0.1, -0.05) is 20.8 Å². The Kier molecular flexibility index (Phi) is 5.94. The van der Waals surface area contributed by atoms with E-state index >= 15 is 0 Å². The number of rotatable bonds is 6. The molecule has 1 atom stereocenters. The van der Waals surface area contributed by atoms with E-state index in [1.807, 2.05) is 0 Å². The van der Waals surface area contributed by atoms with E-state index < -0.39 is 0 Å². The van der Waals surface area contributed by atoms with Crippen LogP contribution in [0.2, 0.25) is 0 Å². The van der Waals surface area contributed by atoms with Crippen LogP contribution in [0.15, 0.2) is 0 Å². The van der Waals surface area contributed by atoms with Crippen LogP contribution in [0, 0.1) is 11.3 Å². The van der Waals surface area contributed by atoms with Crippen molar-refractivity contribution in [3.63, 3.8) is 0 Å². The van der Waals surface area contributed by atoms with Gasteiger partial charge in [0.05, 0.1) is 12.7 Å². The summed E-state index contributed by atoms with van der Waals surface area (Å²) in [4.78, 5) is 0. The summed E-state index contributed by atoms with van der Waals surface area (Å²) in [5.41, 5.74) is 0.562. The molecule has 1 aliphatic rings. The monoisotopic (exact) mass is 241 g/mol. The number of nitrogens with one attached hydrogen (secondary N) is 1. The van der Waals surface area contributed by atoms with Crippen LogP contribution in [0.25, 0.3) is 0 Å². The van der Waals surface area contributed by atoms with E-state index in [2.05, 4.69) is 39.9 Å². The number of hydrogen-bond donors (Lipinski definition) is 1. The van der Waals surface area contributed by atoms with Gasteiger partial charge in [0.2, 0.25) is 0 Å².